The van der Waals surface area contributed by atoms with Crippen molar-refractivity contribution in [3.05, 3.63) is 106 Å². The van der Waals surface area contributed by atoms with Crippen molar-refractivity contribution < 1.29 is 4.79 Å². The second-order valence-corrected chi connectivity index (χ2v) is 6.61. The fraction of sp³-hybridized carbons (Fsp3) is 0.0952. The average molecular weight is 370 g/mol. The zero-order valence-corrected chi connectivity index (χ0v) is 15.2. The molecule has 3 aromatic carbocycles. The minimum atomic E-state index is -0.218. The van der Waals surface area contributed by atoms with Gasteiger partial charge in [-0.05, 0) is 29.3 Å². The molecule has 0 atom stereocenters. The Labute approximate surface area is 157 Å². The molecule has 4 heteroatoms. The molecule has 0 bridgehead atoms. The number of rotatable bonds is 4. The molecule has 0 aliphatic carbocycles. The molecule has 0 saturated heterocycles. The smallest absolute Gasteiger partial charge is 0.255 e. The largest absolute Gasteiger partial charge is 0.331 e. The second-order valence-electron chi connectivity index (χ2n) is 5.76. The lowest BCUT2D eigenvalue weighted by Crippen LogP contribution is -2.32. The standard InChI is InChI=1S/C21H17Cl2NO/c1-24(21(25)18-14-17(22)12-13-19(18)23)20(15-8-4-2-5-9-15)16-10-6-3-7-11-16/h2-14,20H,1H3. The van der Waals surface area contributed by atoms with E-state index in [4.69, 9.17) is 23.2 Å². The number of carbonyl (C=O) groups is 1. The molecule has 2 nitrogen and oxygen atoms in total. The lowest BCUT2D eigenvalue weighted by molar-refractivity contribution is 0.0755. The third-order valence-corrected chi connectivity index (χ3v) is 4.66. The predicted octanol–water partition coefficient (Wildman–Crippen LogP) is 5.86. The lowest BCUT2D eigenvalue weighted by Gasteiger charge is -2.29. The van der Waals surface area contributed by atoms with Crippen molar-refractivity contribution in [3.8, 4) is 0 Å². The predicted molar refractivity (Wildman–Crippen MR) is 103 cm³/mol. The van der Waals surface area contributed by atoms with Gasteiger partial charge in [-0.1, -0.05) is 83.9 Å². The van der Waals surface area contributed by atoms with Crippen LogP contribution in [0, 0.1) is 0 Å². The molecule has 3 aromatic rings. The van der Waals surface area contributed by atoms with E-state index in [2.05, 4.69) is 0 Å². The van der Waals surface area contributed by atoms with Crippen molar-refractivity contribution in [1.82, 2.24) is 4.90 Å². The number of hydrogen-bond acceptors (Lipinski definition) is 1. The molecule has 0 fully saturated rings. The van der Waals surface area contributed by atoms with Crippen molar-refractivity contribution in [2.45, 2.75) is 6.04 Å². The van der Waals surface area contributed by atoms with E-state index >= 15 is 0 Å². The van der Waals surface area contributed by atoms with Crippen LogP contribution in [0.3, 0.4) is 0 Å². The van der Waals surface area contributed by atoms with Crippen LogP contribution in [0.15, 0.2) is 78.9 Å². The summed E-state index contributed by atoms with van der Waals surface area (Å²) in [5.74, 6) is -0.176. The van der Waals surface area contributed by atoms with Crippen molar-refractivity contribution >= 4 is 29.1 Å². The van der Waals surface area contributed by atoms with E-state index in [1.807, 2.05) is 60.7 Å². The Hall–Kier alpha value is -2.29. The molecule has 3 rings (SSSR count). The molecular weight excluding hydrogens is 353 g/mol. The number of nitrogens with zero attached hydrogens (tertiary/aromatic N) is 1. The lowest BCUT2D eigenvalue weighted by atomic mass is 9.97. The Morgan fingerprint density at radius 1 is 0.840 bits per heavy atom. The molecule has 1 amide bonds. The topological polar surface area (TPSA) is 20.3 Å². The van der Waals surface area contributed by atoms with Gasteiger partial charge in [-0.15, -0.1) is 0 Å². The van der Waals surface area contributed by atoms with Gasteiger partial charge in [0.2, 0.25) is 0 Å². The van der Waals surface area contributed by atoms with Crippen molar-refractivity contribution in [3.63, 3.8) is 0 Å². The summed E-state index contributed by atoms with van der Waals surface area (Å²) in [4.78, 5) is 14.8. The van der Waals surface area contributed by atoms with Gasteiger partial charge in [0.05, 0.1) is 16.6 Å². The summed E-state index contributed by atoms with van der Waals surface area (Å²) in [6.07, 6.45) is 0. The maximum Gasteiger partial charge on any atom is 0.255 e. The molecule has 0 radical (unpaired) electrons. The third kappa shape index (κ3) is 3.87. The van der Waals surface area contributed by atoms with Crippen molar-refractivity contribution in [2.24, 2.45) is 0 Å². The van der Waals surface area contributed by atoms with Crippen LogP contribution in [0.25, 0.3) is 0 Å². The second kappa shape index (κ2) is 7.73. The summed E-state index contributed by atoms with van der Waals surface area (Å²) in [6, 6.07) is 24.6. The molecule has 0 saturated carbocycles. The number of benzene rings is 3. The van der Waals surface area contributed by atoms with E-state index in [0.717, 1.165) is 11.1 Å². The molecule has 0 N–H and O–H groups in total. The van der Waals surface area contributed by atoms with Gasteiger partial charge in [-0.2, -0.15) is 0 Å². The highest BCUT2D eigenvalue weighted by Crippen LogP contribution is 2.30. The van der Waals surface area contributed by atoms with Crippen LogP contribution in [-0.4, -0.2) is 17.9 Å². The molecular formula is C21H17Cl2NO. The molecule has 0 aliphatic heterocycles. The summed E-state index contributed by atoms with van der Waals surface area (Å²) in [6.45, 7) is 0. The van der Waals surface area contributed by atoms with Crippen LogP contribution in [0.4, 0.5) is 0 Å². The number of carbonyl (C=O) groups excluding carboxylic acids is 1. The van der Waals surface area contributed by atoms with Gasteiger partial charge in [0.25, 0.3) is 5.91 Å². The Kier molecular flexibility index (Phi) is 5.42. The van der Waals surface area contributed by atoms with Crippen molar-refractivity contribution in [1.29, 1.82) is 0 Å². The van der Waals surface area contributed by atoms with Crippen LogP contribution >= 0.6 is 23.2 Å². The highest BCUT2D eigenvalue weighted by atomic mass is 35.5. The van der Waals surface area contributed by atoms with Crippen LogP contribution in [-0.2, 0) is 0 Å². The van der Waals surface area contributed by atoms with Gasteiger partial charge in [-0.3, -0.25) is 4.79 Å². The van der Waals surface area contributed by atoms with Crippen LogP contribution in [0.5, 0.6) is 0 Å². The molecule has 126 valence electrons. The first-order valence-electron chi connectivity index (χ1n) is 7.90. The summed E-state index contributed by atoms with van der Waals surface area (Å²) in [5.41, 5.74) is 2.46. The molecule has 0 unspecified atom stereocenters. The van der Waals surface area contributed by atoms with E-state index in [0.29, 0.717) is 15.6 Å². The Morgan fingerprint density at radius 2 is 1.36 bits per heavy atom. The average Bonchev–Trinajstić information content (AvgIpc) is 2.65. The first-order chi connectivity index (χ1) is 12.1. The van der Waals surface area contributed by atoms with Gasteiger partial charge in [0, 0.05) is 12.1 Å². The van der Waals surface area contributed by atoms with Gasteiger partial charge in [0.1, 0.15) is 0 Å². The van der Waals surface area contributed by atoms with E-state index in [-0.39, 0.29) is 11.9 Å². The van der Waals surface area contributed by atoms with Gasteiger partial charge >= 0.3 is 0 Å². The Bertz CT molecular complexity index is 826. The number of halogens is 2. The maximum absolute atomic E-state index is 13.1. The monoisotopic (exact) mass is 369 g/mol. The van der Waals surface area contributed by atoms with E-state index < -0.39 is 0 Å². The maximum atomic E-state index is 13.1. The van der Waals surface area contributed by atoms with Gasteiger partial charge in [-0.25, -0.2) is 0 Å². The zero-order chi connectivity index (χ0) is 17.8. The van der Waals surface area contributed by atoms with Gasteiger partial charge < -0.3 is 4.90 Å². The van der Waals surface area contributed by atoms with E-state index in [1.54, 1.807) is 30.1 Å². The van der Waals surface area contributed by atoms with Gasteiger partial charge in [0.15, 0.2) is 0 Å². The van der Waals surface area contributed by atoms with E-state index in [9.17, 15) is 4.79 Å². The van der Waals surface area contributed by atoms with Crippen LogP contribution < -0.4 is 0 Å². The number of hydrogen-bond donors (Lipinski definition) is 0. The van der Waals surface area contributed by atoms with Crippen molar-refractivity contribution in [2.75, 3.05) is 7.05 Å². The molecule has 25 heavy (non-hydrogen) atoms. The zero-order valence-electron chi connectivity index (χ0n) is 13.7. The summed E-state index contributed by atoms with van der Waals surface area (Å²) < 4.78 is 0. The van der Waals surface area contributed by atoms with Crippen LogP contribution in [0.1, 0.15) is 27.5 Å². The normalized spacial score (nSPS) is 10.7. The Morgan fingerprint density at radius 3 is 1.88 bits per heavy atom. The molecule has 0 heterocycles. The minimum Gasteiger partial charge on any atom is -0.331 e. The molecule has 0 aliphatic rings. The van der Waals surface area contributed by atoms with E-state index in [1.165, 1.54) is 0 Å². The summed E-state index contributed by atoms with van der Waals surface area (Å²) in [5, 5.41) is 0.873. The first kappa shape index (κ1) is 17.5. The summed E-state index contributed by atoms with van der Waals surface area (Å²) in [7, 11) is 1.78. The third-order valence-electron chi connectivity index (χ3n) is 4.10. The first-order valence-corrected chi connectivity index (χ1v) is 8.65. The fourth-order valence-electron chi connectivity index (χ4n) is 2.88. The molecule has 0 aromatic heterocycles. The van der Waals surface area contributed by atoms with Crippen LogP contribution in [0.2, 0.25) is 10.0 Å². The number of amides is 1. The highest BCUT2D eigenvalue weighted by Gasteiger charge is 2.25. The quantitative estimate of drug-likeness (QED) is 0.564. The molecule has 0 spiro atoms. The fourth-order valence-corrected chi connectivity index (χ4v) is 3.25. The summed E-state index contributed by atoms with van der Waals surface area (Å²) >= 11 is 12.3. The highest BCUT2D eigenvalue weighted by molar-refractivity contribution is 6.35. The SMILES string of the molecule is CN(C(=O)c1cc(Cl)ccc1Cl)C(c1ccccc1)c1ccccc1. The minimum absolute atomic E-state index is 0.176. The Balaban J connectivity index is 2.04.